The minimum absolute atomic E-state index is 0.174. The number of hydrogen-bond acceptors (Lipinski definition) is 6. The number of thioether (sulfide) groups is 1. The molecule has 0 atom stereocenters. The topological polar surface area (TPSA) is 49.3 Å². The summed E-state index contributed by atoms with van der Waals surface area (Å²) in [5, 5.41) is 3.84. The number of benzene rings is 1. The molecule has 3 heterocycles. The first kappa shape index (κ1) is 17.6. The number of aromatic nitrogens is 2. The molecule has 4 rings (SSSR count). The van der Waals surface area contributed by atoms with Crippen LogP contribution in [-0.2, 0) is 4.79 Å². The van der Waals surface area contributed by atoms with Crippen LogP contribution in [0.1, 0.15) is 0 Å². The van der Waals surface area contributed by atoms with E-state index in [0.29, 0.717) is 10.8 Å². The van der Waals surface area contributed by atoms with E-state index in [-0.39, 0.29) is 5.91 Å². The minimum atomic E-state index is 0.174. The maximum absolute atomic E-state index is 12.5. The molecule has 3 aromatic rings. The molecule has 1 saturated heterocycles. The van der Waals surface area contributed by atoms with Crippen molar-refractivity contribution in [2.24, 2.45) is 0 Å². The second-order valence-corrected chi connectivity index (χ2v) is 8.33. The molecule has 0 N–H and O–H groups in total. The Hall–Kier alpha value is -1.83. The van der Waals surface area contributed by atoms with Crippen LogP contribution in [-0.4, -0.2) is 52.7 Å². The van der Waals surface area contributed by atoms with Crippen LogP contribution in [0.5, 0.6) is 0 Å². The highest BCUT2D eigenvalue weighted by Gasteiger charge is 2.23. The van der Waals surface area contributed by atoms with Crippen molar-refractivity contribution in [1.29, 1.82) is 0 Å². The fourth-order valence-electron chi connectivity index (χ4n) is 2.96. The number of anilines is 1. The Morgan fingerprint density at radius 1 is 1.12 bits per heavy atom. The van der Waals surface area contributed by atoms with Crippen LogP contribution in [0.15, 0.2) is 46.9 Å². The summed E-state index contributed by atoms with van der Waals surface area (Å²) in [6.45, 7) is 3.02. The number of rotatable bonds is 4. The van der Waals surface area contributed by atoms with Gasteiger partial charge < -0.3 is 9.80 Å². The molecule has 0 bridgehead atoms. The van der Waals surface area contributed by atoms with Gasteiger partial charge in [0.1, 0.15) is 17.0 Å². The van der Waals surface area contributed by atoms with E-state index < -0.39 is 0 Å². The molecule has 134 valence electrons. The van der Waals surface area contributed by atoms with Gasteiger partial charge in [0.2, 0.25) is 5.91 Å². The number of fused-ring (bicyclic) bond motifs is 1. The average Bonchev–Trinajstić information content (AvgIpc) is 3.16. The highest BCUT2D eigenvalue weighted by molar-refractivity contribution is 8.00. The van der Waals surface area contributed by atoms with Gasteiger partial charge in [-0.25, -0.2) is 9.97 Å². The van der Waals surface area contributed by atoms with E-state index in [9.17, 15) is 4.79 Å². The summed E-state index contributed by atoms with van der Waals surface area (Å²) >= 11 is 9.06. The van der Waals surface area contributed by atoms with Gasteiger partial charge in [-0.3, -0.25) is 4.79 Å². The lowest BCUT2D eigenvalue weighted by Gasteiger charge is -2.35. The summed E-state index contributed by atoms with van der Waals surface area (Å²) in [6, 6.07) is 9.65. The maximum Gasteiger partial charge on any atom is 0.233 e. The lowest BCUT2D eigenvalue weighted by Crippen LogP contribution is -2.49. The summed E-state index contributed by atoms with van der Waals surface area (Å²) in [5.74, 6) is 1.59. The number of thiophene rings is 1. The summed E-state index contributed by atoms with van der Waals surface area (Å²) < 4.78 is 0. The van der Waals surface area contributed by atoms with E-state index >= 15 is 0 Å². The average molecular weight is 405 g/mol. The number of nitrogens with zero attached hydrogens (tertiary/aromatic N) is 4. The van der Waals surface area contributed by atoms with E-state index in [0.717, 1.165) is 47.1 Å². The zero-order valence-electron chi connectivity index (χ0n) is 14.0. The molecule has 1 aliphatic rings. The molecule has 1 amide bonds. The minimum Gasteiger partial charge on any atom is -0.352 e. The third-order valence-corrected chi connectivity index (χ3v) is 6.42. The summed E-state index contributed by atoms with van der Waals surface area (Å²) in [6.07, 6.45) is 1.62. The van der Waals surface area contributed by atoms with Crippen molar-refractivity contribution in [3.05, 3.63) is 47.1 Å². The maximum atomic E-state index is 12.5. The van der Waals surface area contributed by atoms with E-state index in [1.807, 2.05) is 34.5 Å². The Kier molecular flexibility index (Phi) is 5.28. The number of carbonyl (C=O) groups is 1. The van der Waals surface area contributed by atoms with Gasteiger partial charge in [0.05, 0.1) is 11.1 Å². The predicted octanol–water partition coefficient (Wildman–Crippen LogP) is 3.79. The lowest BCUT2D eigenvalue weighted by molar-refractivity contribution is -0.128. The van der Waals surface area contributed by atoms with Crippen LogP contribution in [0.4, 0.5) is 5.82 Å². The van der Waals surface area contributed by atoms with Gasteiger partial charge in [-0.05, 0) is 35.7 Å². The highest BCUT2D eigenvalue weighted by atomic mass is 35.5. The van der Waals surface area contributed by atoms with Gasteiger partial charge in [-0.15, -0.1) is 23.1 Å². The van der Waals surface area contributed by atoms with Gasteiger partial charge in [-0.2, -0.15) is 0 Å². The Morgan fingerprint density at radius 3 is 2.65 bits per heavy atom. The van der Waals surface area contributed by atoms with Crippen molar-refractivity contribution < 1.29 is 4.79 Å². The highest BCUT2D eigenvalue weighted by Crippen LogP contribution is 2.27. The number of halogens is 1. The van der Waals surface area contributed by atoms with E-state index in [2.05, 4.69) is 20.9 Å². The third kappa shape index (κ3) is 3.79. The van der Waals surface area contributed by atoms with Crippen molar-refractivity contribution in [1.82, 2.24) is 14.9 Å². The monoisotopic (exact) mass is 404 g/mol. The molecule has 1 aliphatic heterocycles. The second-order valence-electron chi connectivity index (χ2n) is 5.95. The van der Waals surface area contributed by atoms with Crippen molar-refractivity contribution in [2.75, 3.05) is 36.8 Å². The molecule has 0 radical (unpaired) electrons. The zero-order valence-corrected chi connectivity index (χ0v) is 16.4. The van der Waals surface area contributed by atoms with Crippen molar-refractivity contribution in [3.63, 3.8) is 0 Å². The predicted molar refractivity (Wildman–Crippen MR) is 108 cm³/mol. The van der Waals surface area contributed by atoms with Gasteiger partial charge in [0, 0.05) is 36.1 Å². The van der Waals surface area contributed by atoms with Crippen LogP contribution >= 0.6 is 34.7 Å². The lowest BCUT2D eigenvalue weighted by atomic mass is 10.2. The van der Waals surface area contributed by atoms with Crippen molar-refractivity contribution in [2.45, 2.75) is 4.90 Å². The number of amides is 1. The SMILES string of the molecule is O=C(CSc1ccc(Cl)cc1)N1CCN(c2ncnc3sccc23)CC1. The first-order valence-electron chi connectivity index (χ1n) is 8.30. The molecular formula is C18H17ClN4OS2. The van der Waals surface area contributed by atoms with Crippen LogP contribution in [0.3, 0.4) is 0 Å². The Morgan fingerprint density at radius 2 is 1.88 bits per heavy atom. The molecule has 1 fully saturated rings. The fraction of sp³-hybridized carbons (Fsp3) is 0.278. The van der Waals surface area contributed by atoms with Gasteiger partial charge in [0.15, 0.2) is 0 Å². The van der Waals surface area contributed by atoms with Crippen LogP contribution in [0.2, 0.25) is 5.02 Å². The molecular weight excluding hydrogens is 388 g/mol. The number of piperazine rings is 1. The molecule has 5 nitrogen and oxygen atoms in total. The van der Waals surface area contributed by atoms with Crippen LogP contribution in [0.25, 0.3) is 10.2 Å². The third-order valence-electron chi connectivity index (χ3n) is 4.35. The van der Waals surface area contributed by atoms with Gasteiger partial charge in [-0.1, -0.05) is 11.6 Å². The molecule has 1 aromatic carbocycles. The molecule has 0 saturated carbocycles. The summed E-state index contributed by atoms with van der Waals surface area (Å²) in [5.41, 5.74) is 0. The Balaban J connectivity index is 1.33. The van der Waals surface area contributed by atoms with E-state index in [1.165, 1.54) is 0 Å². The van der Waals surface area contributed by atoms with Gasteiger partial charge >= 0.3 is 0 Å². The largest absolute Gasteiger partial charge is 0.352 e. The first-order valence-corrected chi connectivity index (χ1v) is 10.5. The molecule has 0 unspecified atom stereocenters. The molecule has 0 aliphatic carbocycles. The molecule has 2 aromatic heterocycles. The van der Waals surface area contributed by atoms with Crippen molar-refractivity contribution >= 4 is 56.6 Å². The molecule has 8 heteroatoms. The first-order chi connectivity index (χ1) is 12.7. The normalized spacial score (nSPS) is 14.8. The molecule has 0 spiro atoms. The standard InChI is InChI=1S/C18H17ClN4OS2/c19-13-1-3-14(4-2-13)26-11-16(24)22-6-8-23(9-7-22)17-15-5-10-25-18(15)21-12-20-17/h1-5,10,12H,6-9,11H2. The zero-order chi connectivity index (χ0) is 17.9. The Bertz CT molecular complexity index is 907. The fourth-order valence-corrected chi connectivity index (χ4v) is 4.62. The van der Waals surface area contributed by atoms with E-state index in [1.54, 1.807) is 29.4 Å². The quantitative estimate of drug-likeness (QED) is 0.619. The number of hydrogen-bond donors (Lipinski definition) is 0. The van der Waals surface area contributed by atoms with Crippen LogP contribution in [0, 0.1) is 0 Å². The van der Waals surface area contributed by atoms with Crippen LogP contribution < -0.4 is 4.90 Å². The summed E-state index contributed by atoms with van der Waals surface area (Å²) in [4.78, 5) is 27.5. The Labute approximate surface area is 165 Å². The summed E-state index contributed by atoms with van der Waals surface area (Å²) in [7, 11) is 0. The smallest absolute Gasteiger partial charge is 0.233 e. The molecule has 26 heavy (non-hydrogen) atoms. The number of carbonyl (C=O) groups excluding carboxylic acids is 1. The van der Waals surface area contributed by atoms with Gasteiger partial charge in [0.25, 0.3) is 0 Å². The second kappa shape index (κ2) is 7.82. The van der Waals surface area contributed by atoms with E-state index in [4.69, 9.17) is 11.6 Å². The van der Waals surface area contributed by atoms with Crippen molar-refractivity contribution in [3.8, 4) is 0 Å².